The number of amides is 1. The number of hydrogen-bond acceptors (Lipinski definition) is 2. The molecule has 2 aromatic rings. The molecule has 1 unspecified atom stereocenters. The van der Waals surface area contributed by atoms with E-state index in [4.69, 9.17) is 0 Å². The second-order valence-corrected chi connectivity index (χ2v) is 7.06. The molecule has 24 heavy (non-hydrogen) atoms. The average molecular weight is 320 g/mol. The molecule has 3 nitrogen and oxygen atoms in total. The van der Waals surface area contributed by atoms with Gasteiger partial charge in [-0.05, 0) is 55.0 Å². The molecule has 2 aliphatic rings. The van der Waals surface area contributed by atoms with Crippen molar-refractivity contribution in [3.8, 4) is 0 Å². The van der Waals surface area contributed by atoms with Gasteiger partial charge in [-0.15, -0.1) is 0 Å². The van der Waals surface area contributed by atoms with E-state index in [9.17, 15) is 4.79 Å². The van der Waals surface area contributed by atoms with E-state index in [0.717, 1.165) is 25.8 Å². The van der Waals surface area contributed by atoms with E-state index in [0.29, 0.717) is 6.54 Å². The monoisotopic (exact) mass is 320 g/mol. The van der Waals surface area contributed by atoms with Gasteiger partial charge in [0.2, 0.25) is 5.91 Å². The number of rotatable bonds is 4. The van der Waals surface area contributed by atoms with Crippen LogP contribution in [0.5, 0.6) is 0 Å². The molecule has 0 aromatic heterocycles. The van der Waals surface area contributed by atoms with E-state index >= 15 is 0 Å². The number of aryl methyl sites for hydroxylation is 1. The van der Waals surface area contributed by atoms with Crippen molar-refractivity contribution in [1.82, 2.24) is 10.6 Å². The molecule has 1 aliphatic carbocycles. The predicted molar refractivity (Wildman–Crippen MR) is 96.0 cm³/mol. The van der Waals surface area contributed by atoms with Crippen LogP contribution in [0.25, 0.3) is 0 Å². The Labute approximate surface area is 143 Å². The maximum absolute atomic E-state index is 12.9. The van der Waals surface area contributed by atoms with E-state index in [1.54, 1.807) is 0 Å². The molecule has 2 N–H and O–H groups in total. The van der Waals surface area contributed by atoms with Gasteiger partial charge in [0.25, 0.3) is 0 Å². The molecule has 1 aliphatic heterocycles. The minimum Gasteiger partial charge on any atom is -0.353 e. The fourth-order valence-electron chi connectivity index (χ4n) is 3.99. The largest absolute Gasteiger partial charge is 0.353 e. The Morgan fingerprint density at radius 2 is 1.92 bits per heavy atom. The zero-order valence-electron chi connectivity index (χ0n) is 14.1. The lowest BCUT2D eigenvalue weighted by Crippen LogP contribution is -2.42. The molecule has 1 atom stereocenters. The van der Waals surface area contributed by atoms with Crippen LogP contribution < -0.4 is 10.6 Å². The van der Waals surface area contributed by atoms with Gasteiger partial charge in [-0.1, -0.05) is 48.5 Å². The highest BCUT2D eigenvalue weighted by molar-refractivity contribution is 5.91. The fraction of sp³-hybridized carbons (Fsp3) is 0.381. The second-order valence-electron chi connectivity index (χ2n) is 7.06. The molecule has 1 saturated carbocycles. The molecular formula is C21H24N2O. The van der Waals surface area contributed by atoms with E-state index in [-0.39, 0.29) is 17.4 Å². The van der Waals surface area contributed by atoms with Crippen molar-refractivity contribution >= 4 is 5.91 Å². The van der Waals surface area contributed by atoms with Crippen LogP contribution >= 0.6 is 0 Å². The van der Waals surface area contributed by atoms with Crippen LogP contribution in [-0.2, 0) is 16.6 Å². The summed E-state index contributed by atoms with van der Waals surface area (Å²) < 4.78 is 0. The number of benzene rings is 2. The number of carbonyl (C=O) groups excluding carboxylic acids is 1. The summed E-state index contributed by atoms with van der Waals surface area (Å²) in [6, 6.07) is 17.0. The van der Waals surface area contributed by atoms with Gasteiger partial charge >= 0.3 is 0 Å². The first kappa shape index (κ1) is 15.4. The Morgan fingerprint density at radius 1 is 1.17 bits per heavy atom. The first-order valence-corrected chi connectivity index (χ1v) is 8.86. The summed E-state index contributed by atoms with van der Waals surface area (Å²) in [6.45, 7) is 3.73. The van der Waals surface area contributed by atoms with Crippen LogP contribution in [0.4, 0.5) is 0 Å². The minimum absolute atomic E-state index is 0.182. The predicted octanol–water partition coefficient (Wildman–Crippen LogP) is 3.03. The zero-order chi connectivity index (χ0) is 16.6. The maximum Gasteiger partial charge on any atom is 0.230 e. The van der Waals surface area contributed by atoms with Crippen LogP contribution in [0.2, 0.25) is 0 Å². The van der Waals surface area contributed by atoms with Gasteiger partial charge in [0.05, 0.1) is 5.41 Å². The summed E-state index contributed by atoms with van der Waals surface area (Å²) in [5, 5.41) is 6.76. The smallest absolute Gasteiger partial charge is 0.230 e. The Hall–Kier alpha value is -2.13. The summed E-state index contributed by atoms with van der Waals surface area (Å²) in [7, 11) is 0. The molecule has 0 spiro atoms. The minimum atomic E-state index is -0.292. The summed E-state index contributed by atoms with van der Waals surface area (Å²) in [4.78, 5) is 12.9. The van der Waals surface area contributed by atoms with E-state index in [1.807, 2.05) is 12.1 Å². The SMILES string of the molecule is Cc1ccccc1C1(C(=O)NCC2NCCc3ccccc32)CC1. The third-order valence-corrected chi connectivity index (χ3v) is 5.53. The molecular weight excluding hydrogens is 296 g/mol. The van der Waals surface area contributed by atoms with Crippen molar-refractivity contribution < 1.29 is 4.79 Å². The molecule has 1 heterocycles. The van der Waals surface area contributed by atoms with E-state index in [2.05, 4.69) is 54.0 Å². The van der Waals surface area contributed by atoms with Crippen LogP contribution in [0, 0.1) is 6.92 Å². The molecule has 4 rings (SSSR count). The van der Waals surface area contributed by atoms with E-state index < -0.39 is 0 Å². The zero-order valence-corrected chi connectivity index (χ0v) is 14.1. The van der Waals surface area contributed by atoms with Gasteiger partial charge in [-0.2, -0.15) is 0 Å². The van der Waals surface area contributed by atoms with Crippen molar-refractivity contribution in [1.29, 1.82) is 0 Å². The summed E-state index contributed by atoms with van der Waals surface area (Å²) in [5.74, 6) is 0.182. The first-order valence-electron chi connectivity index (χ1n) is 8.86. The Bertz CT molecular complexity index is 764. The highest BCUT2D eigenvalue weighted by Gasteiger charge is 2.51. The lowest BCUT2D eigenvalue weighted by molar-refractivity contribution is -0.123. The topological polar surface area (TPSA) is 41.1 Å². The maximum atomic E-state index is 12.9. The van der Waals surface area contributed by atoms with Gasteiger partial charge in [-0.25, -0.2) is 0 Å². The van der Waals surface area contributed by atoms with Gasteiger partial charge in [-0.3, -0.25) is 4.79 Å². The molecule has 3 heteroatoms. The second kappa shape index (κ2) is 6.06. The lowest BCUT2D eigenvalue weighted by Gasteiger charge is -2.28. The molecule has 0 bridgehead atoms. The number of fused-ring (bicyclic) bond motifs is 1. The van der Waals surface area contributed by atoms with E-state index in [1.165, 1.54) is 22.3 Å². The Balaban J connectivity index is 1.48. The molecule has 124 valence electrons. The summed E-state index contributed by atoms with van der Waals surface area (Å²) in [5.41, 5.74) is 4.84. The van der Waals surface area contributed by atoms with Gasteiger partial charge in [0.15, 0.2) is 0 Å². The number of hydrogen-bond donors (Lipinski definition) is 2. The molecule has 1 amide bonds. The summed E-state index contributed by atoms with van der Waals surface area (Å²) in [6.07, 6.45) is 2.98. The van der Waals surface area contributed by atoms with Crippen LogP contribution in [0.3, 0.4) is 0 Å². The van der Waals surface area contributed by atoms with Crippen molar-refractivity contribution in [3.63, 3.8) is 0 Å². The fourth-order valence-corrected chi connectivity index (χ4v) is 3.99. The van der Waals surface area contributed by atoms with Gasteiger partial charge in [0, 0.05) is 12.6 Å². The van der Waals surface area contributed by atoms with Gasteiger partial charge < -0.3 is 10.6 Å². The molecule has 0 radical (unpaired) electrons. The quantitative estimate of drug-likeness (QED) is 0.909. The number of nitrogens with one attached hydrogen (secondary N) is 2. The normalized spacial score (nSPS) is 21.0. The van der Waals surface area contributed by atoms with Crippen LogP contribution in [0.1, 0.15) is 41.1 Å². The molecule has 0 saturated heterocycles. The summed E-state index contributed by atoms with van der Waals surface area (Å²) >= 11 is 0. The van der Waals surface area contributed by atoms with Crippen molar-refractivity contribution in [3.05, 3.63) is 70.8 Å². The standard InChI is InChI=1S/C21H24N2O/c1-15-6-2-5-9-18(15)21(11-12-21)20(24)23-14-19-17-8-4-3-7-16(17)10-13-22-19/h2-9,19,22H,10-14H2,1H3,(H,23,24). The molecule has 2 aromatic carbocycles. The average Bonchev–Trinajstić information content (AvgIpc) is 3.42. The highest BCUT2D eigenvalue weighted by Crippen LogP contribution is 2.49. The highest BCUT2D eigenvalue weighted by atomic mass is 16.2. The van der Waals surface area contributed by atoms with Gasteiger partial charge in [0.1, 0.15) is 0 Å². The number of carbonyl (C=O) groups is 1. The third kappa shape index (κ3) is 2.63. The lowest BCUT2D eigenvalue weighted by atomic mass is 9.90. The van der Waals surface area contributed by atoms with Crippen LogP contribution in [-0.4, -0.2) is 19.0 Å². The third-order valence-electron chi connectivity index (χ3n) is 5.53. The van der Waals surface area contributed by atoms with Crippen LogP contribution in [0.15, 0.2) is 48.5 Å². The Kier molecular flexibility index (Phi) is 3.89. The van der Waals surface area contributed by atoms with Crippen molar-refractivity contribution in [2.24, 2.45) is 0 Å². The Morgan fingerprint density at radius 3 is 2.71 bits per heavy atom. The first-order chi connectivity index (χ1) is 11.7. The van der Waals surface area contributed by atoms with Crippen molar-refractivity contribution in [2.45, 2.75) is 37.6 Å². The molecule has 1 fully saturated rings. The van der Waals surface area contributed by atoms with Crippen molar-refractivity contribution in [2.75, 3.05) is 13.1 Å².